The van der Waals surface area contributed by atoms with Gasteiger partial charge in [0.15, 0.2) is 11.6 Å². The highest BCUT2D eigenvalue weighted by Gasteiger charge is 2.17. The van der Waals surface area contributed by atoms with Crippen molar-refractivity contribution in [3.8, 4) is 0 Å². The first kappa shape index (κ1) is 18.2. The predicted molar refractivity (Wildman–Crippen MR) is 97.2 cm³/mol. The number of nitrogens with one attached hydrogen (secondary N) is 3. The predicted octanol–water partition coefficient (Wildman–Crippen LogP) is 3.04. The number of nitrogens with two attached hydrogens (primary N) is 1. The van der Waals surface area contributed by atoms with Gasteiger partial charge in [-0.2, -0.15) is 0 Å². The molecule has 0 bridgehead atoms. The van der Waals surface area contributed by atoms with Crippen LogP contribution >= 0.6 is 0 Å². The Morgan fingerprint density at radius 1 is 1.46 bits per heavy atom. The molecule has 130 valence electrons. The standard InChI is InChI=1S/C18H26FN5/c1-11(2)8-14-6-5-7-15(14)13(4)23-18-16(19)9-12(3)17(20)24-22-10-21-18/h8-10,17,23-24H,1,5-7,20H2,2-4H3,(H,21,22)/b12-9+,14-8-,15-13+,18-16?. The number of hydrogen-bond donors (Lipinski definition) is 4. The molecule has 2 rings (SSSR count). The highest BCUT2D eigenvalue weighted by Crippen LogP contribution is 2.33. The van der Waals surface area contributed by atoms with Crippen LogP contribution in [0.25, 0.3) is 0 Å². The molecule has 0 spiro atoms. The van der Waals surface area contributed by atoms with E-state index in [1.54, 1.807) is 6.92 Å². The smallest absolute Gasteiger partial charge is 0.168 e. The second-order valence-electron chi connectivity index (χ2n) is 6.21. The molecular weight excluding hydrogens is 305 g/mol. The minimum Gasteiger partial charge on any atom is -0.341 e. The topological polar surface area (TPSA) is 74.5 Å². The van der Waals surface area contributed by atoms with E-state index in [4.69, 9.17) is 5.73 Å². The lowest BCUT2D eigenvalue weighted by molar-refractivity contribution is 0.560. The van der Waals surface area contributed by atoms with E-state index in [0.29, 0.717) is 5.57 Å². The van der Waals surface area contributed by atoms with Crippen molar-refractivity contribution in [2.75, 3.05) is 0 Å². The Bertz CT molecular complexity index is 667. The van der Waals surface area contributed by atoms with E-state index in [9.17, 15) is 4.39 Å². The second kappa shape index (κ2) is 8.08. The molecule has 1 fully saturated rings. The van der Waals surface area contributed by atoms with E-state index in [1.165, 1.54) is 23.6 Å². The molecule has 5 nitrogen and oxygen atoms in total. The fraction of sp³-hybridized carbons (Fsp3) is 0.389. The summed E-state index contributed by atoms with van der Waals surface area (Å²) in [6, 6.07) is 0. The van der Waals surface area contributed by atoms with Crippen LogP contribution < -0.4 is 21.9 Å². The Kier molecular flexibility index (Phi) is 6.11. The van der Waals surface area contributed by atoms with Gasteiger partial charge in [-0.1, -0.05) is 18.2 Å². The first-order valence-corrected chi connectivity index (χ1v) is 8.09. The lowest BCUT2D eigenvalue weighted by atomic mass is 10.1. The van der Waals surface area contributed by atoms with Gasteiger partial charge in [0.05, 0.1) is 6.17 Å². The zero-order valence-corrected chi connectivity index (χ0v) is 14.5. The number of nitrogens with zero attached hydrogens (tertiary/aromatic N) is 1. The fourth-order valence-corrected chi connectivity index (χ4v) is 2.75. The van der Waals surface area contributed by atoms with Crippen LogP contribution in [-0.4, -0.2) is 12.5 Å². The van der Waals surface area contributed by atoms with Crippen LogP contribution in [-0.2, 0) is 0 Å². The lowest BCUT2D eigenvalue weighted by Crippen LogP contribution is -2.46. The highest BCUT2D eigenvalue weighted by atomic mass is 19.1. The van der Waals surface area contributed by atoms with Crippen molar-refractivity contribution in [3.63, 3.8) is 0 Å². The van der Waals surface area contributed by atoms with Gasteiger partial charge in [0.1, 0.15) is 6.34 Å². The summed E-state index contributed by atoms with van der Waals surface area (Å²) in [5.74, 6) is -0.294. The molecule has 0 amide bonds. The maximum atomic E-state index is 14.5. The van der Waals surface area contributed by atoms with Crippen molar-refractivity contribution in [3.05, 3.63) is 58.4 Å². The molecule has 1 saturated carbocycles. The molecule has 6 heteroatoms. The number of rotatable bonds is 3. The summed E-state index contributed by atoms with van der Waals surface area (Å²) >= 11 is 0. The van der Waals surface area contributed by atoms with Crippen molar-refractivity contribution < 1.29 is 4.39 Å². The largest absolute Gasteiger partial charge is 0.341 e. The van der Waals surface area contributed by atoms with Gasteiger partial charge in [0.2, 0.25) is 0 Å². The van der Waals surface area contributed by atoms with Gasteiger partial charge in [-0.15, -0.1) is 0 Å². The van der Waals surface area contributed by atoms with Crippen LogP contribution in [0, 0.1) is 0 Å². The molecule has 0 radical (unpaired) electrons. The Labute approximate surface area is 143 Å². The van der Waals surface area contributed by atoms with Crippen LogP contribution in [0.15, 0.2) is 63.4 Å². The maximum Gasteiger partial charge on any atom is 0.168 e. The monoisotopic (exact) mass is 331 g/mol. The normalized spacial score (nSPS) is 27.8. The Morgan fingerprint density at radius 3 is 2.92 bits per heavy atom. The third kappa shape index (κ3) is 4.66. The van der Waals surface area contributed by atoms with Gasteiger partial charge in [0, 0.05) is 5.70 Å². The Hall–Kier alpha value is -2.18. The molecule has 24 heavy (non-hydrogen) atoms. The molecule has 0 aromatic heterocycles. The van der Waals surface area contributed by atoms with Crippen LogP contribution in [0.4, 0.5) is 4.39 Å². The van der Waals surface area contributed by atoms with Gasteiger partial charge >= 0.3 is 0 Å². The van der Waals surface area contributed by atoms with Crippen molar-refractivity contribution in [2.45, 2.75) is 46.2 Å². The van der Waals surface area contributed by atoms with Crippen molar-refractivity contribution in [1.29, 1.82) is 0 Å². The maximum absolute atomic E-state index is 14.5. The lowest BCUT2D eigenvalue weighted by Gasteiger charge is -2.12. The van der Waals surface area contributed by atoms with E-state index in [1.807, 2.05) is 13.8 Å². The summed E-state index contributed by atoms with van der Waals surface area (Å²) in [4.78, 5) is 4.11. The molecule has 1 unspecified atom stereocenters. The van der Waals surface area contributed by atoms with Crippen LogP contribution in [0.5, 0.6) is 0 Å². The molecule has 0 aromatic carbocycles. The first-order valence-electron chi connectivity index (χ1n) is 8.09. The number of hydrazine groups is 1. The van der Waals surface area contributed by atoms with E-state index in [0.717, 1.165) is 30.5 Å². The first-order chi connectivity index (χ1) is 11.4. The molecule has 5 N–H and O–H groups in total. The highest BCUT2D eigenvalue weighted by molar-refractivity contribution is 5.56. The molecule has 2 aliphatic rings. The average Bonchev–Trinajstić information content (AvgIpc) is 2.97. The van der Waals surface area contributed by atoms with E-state index in [-0.39, 0.29) is 5.82 Å². The SMILES string of the molecule is C=C(C)/C=C1/CCC/C1=C(/C)NC1=C(F)/C=C(\C)C(N)NNC=N1. The summed E-state index contributed by atoms with van der Waals surface area (Å²) < 4.78 is 14.5. The summed E-state index contributed by atoms with van der Waals surface area (Å²) in [6.07, 6.45) is 7.46. The van der Waals surface area contributed by atoms with Crippen LogP contribution in [0.1, 0.15) is 40.0 Å². The number of halogens is 1. The van der Waals surface area contributed by atoms with E-state index in [2.05, 4.69) is 33.8 Å². The third-order valence-electron chi connectivity index (χ3n) is 4.01. The Morgan fingerprint density at radius 2 is 2.21 bits per heavy atom. The van der Waals surface area contributed by atoms with Gasteiger partial charge in [-0.3, -0.25) is 0 Å². The minimum atomic E-state index is -0.485. The molecule has 1 aliphatic heterocycles. The summed E-state index contributed by atoms with van der Waals surface area (Å²) in [6.45, 7) is 9.63. The van der Waals surface area contributed by atoms with E-state index < -0.39 is 12.0 Å². The minimum absolute atomic E-state index is 0.157. The molecule has 1 atom stereocenters. The molecule has 1 aliphatic carbocycles. The molecule has 1 heterocycles. The molecule has 0 saturated heterocycles. The average molecular weight is 331 g/mol. The second-order valence-corrected chi connectivity index (χ2v) is 6.21. The quantitative estimate of drug-likeness (QED) is 0.641. The van der Waals surface area contributed by atoms with Crippen molar-refractivity contribution >= 4 is 6.34 Å². The Balaban J connectivity index is 2.33. The zero-order chi connectivity index (χ0) is 17.7. The summed E-state index contributed by atoms with van der Waals surface area (Å²) in [5.41, 5.74) is 16.5. The fourth-order valence-electron chi connectivity index (χ4n) is 2.75. The summed E-state index contributed by atoms with van der Waals surface area (Å²) in [7, 11) is 0. The van der Waals surface area contributed by atoms with Crippen molar-refractivity contribution in [1.82, 2.24) is 16.2 Å². The number of allylic oxidation sites excluding steroid dienone is 7. The van der Waals surface area contributed by atoms with Gasteiger partial charge in [0.25, 0.3) is 0 Å². The van der Waals surface area contributed by atoms with Crippen LogP contribution in [0.3, 0.4) is 0 Å². The number of aliphatic imine (C=N–C) groups is 1. The van der Waals surface area contributed by atoms with Crippen LogP contribution in [0.2, 0.25) is 0 Å². The molecular formula is C18H26FN5. The van der Waals surface area contributed by atoms with Gasteiger partial charge < -0.3 is 16.5 Å². The van der Waals surface area contributed by atoms with Gasteiger partial charge in [-0.05, 0) is 62.8 Å². The van der Waals surface area contributed by atoms with E-state index >= 15 is 0 Å². The summed E-state index contributed by atoms with van der Waals surface area (Å²) in [5, 5.41) is 3.11. The number of hydrogen-bond acceptors (Lipinski definition) is 5. The molecule has 0 aromatic rings. The third-order valence-corrected chi connectivity index (χ3v) is 4.01. The zero-order valence-electron chi connectivity index (χ0n) is 14.5. The van der Waals surface area contributed by atoms with Crippen molar-refractivity contribution in [2.24, 2.45) is 10.7 Å². The van der Waals surface area contributed by atoms with Gasteiger partial charge in [-0.25, -0.2) is 14.8 Å².